The minimum atomic E-state index is -1.79. The summed E-state index contributed by atoms with van der Waals surface area (Å²) >= 11 is 0. The van der Waals surface area contributed by atoms with Gasteiger partial charge in [0.15, 0.2) is 6.10 Å². The van der Waals surface area contributed by atoms with E-state index in [1.165, 1.54) is 4.90 Å². The molecule has 1 aliphatic heterocycles. The van der Waals surface area contributed by atoms with Gasteiger partial charge in [0, 0.05) is 26.2 Å². The molecule has 32 heavy (non-hydrogen) atoms. The number of carbonyl (C=O) groups is 2. The second kappa shape index (κ2) is 11.7. The van der Waals surface area contributed by atoms with Gasteiger partial charge in [-0.2, -0.15) is 0 Å². The van der Waals surface area contributed by atoms with E-state index in [-0.39, 0.29) is 6.61 Å². The average Bonchev–Trinajstić information content (AvgIpc) is 2.76. The highest BCUT2D eigenvalue weighted by molar-refractivity contribution is 5.81. The number of rotatable bonds is 9. The molecule has 2 rings (SSSR count). The molecular weight excluding hydrogens is 416 g/mol. The highest BCUT2D eigenvalue weighted by Crippen LogP contribution is 2.18. The lowest BCUT2D eigenvalue weighted by molar-refractivity contribution is -0.178. The van der Waals surface area contributed by atoms with E-state index in [1.54, 1.807) is 32.9 Å². The summed E-state index contributed by atoms with van der Waals surface area (Å²) in [7, 11) is 1.94. The molecule has 4 atom stereocenters. The van der Waals surface area contributed by atoms with Gasteiger partial charge in [-0.25, -0.2) is 0 Å². The van der Waals surface area contributed by atoms with Crippen LogP contribution in [0.5, 0.6) is 0 Å². The smallest absolute Gasteiger partial charge is 0.311 e. The first-order valence-electron chi connectivity index (χ1n) is 10.8. The summed E-state index contributed by atoms with van der Waals surface area (Å²) in [6, 6.07) is 9.09. The molecule has 0 saturated carbocycles. The predicted molar refractivity (Wildman–Crippen MR) is 118 cm³/mol. The largest absolute Gasteiger partial charge is 0.462 e. The highest BCUT2D eigenvalue weighted by Gasteiger charge is 2.39. The first kappa shape index (κ1) is 26.2. The Morgan fingerprint density at radius 2 is 1.62 bits per heavy atom. The van der Waals surface area contributed by atoms with E-state index >= 15 is 0 Å². The number of piperazine rings is 1. The molecule has 0 bridgehead atoms. The van der Waals surface area contributed by atoms with Crippen LogP contribution in [0.3, 0.4) is 0 Å². The first-order valence-corrected chi connectivity index (χ1v) is 10.8. The van der Waals surface area contributed by atoms with Crippen LogP contribution in [0.25, 0.3) is 0 Å². The summed E-state index contributed by atoms with van der Waals surface area (Å²) in [5.74, 6) is -1.15. The van der Waals surface area contributed by atoms with Crippen molar-refractivity contribution in [1.29, 1.82) is 0 Å². The number of aliphatic hydroxyl groups excluding tert-OH is 3. The topological polar surface area (TPSA) is 120 Å². The van der Waals surface area contributed by atoms with E-state index in [4.69, 9.17) is 9.47 Å². The van der Waals surface area contributed by atoms with Crippen molar-refractivity contribution in [2.24, 2.45) is 5.41 Å². The number of benzene rings is 1. The lowest BCUT2D eigenvalue weighted by Crippen LogP contribution is -2.56. The van der Waals surface area contributed by atoms with Gasteiger partial charge in [-0.15, -0.1) is 0 Å². The summed E-state index contributed by atoms with van der Waals surface area (Å²) < 4.78 is 10.9. The Labute approximate surface area is 189 Å². The van der Waals surface area contributed by atoms with Crippen LogP contribution in [0.15, 0.2) is 30.3 Å². The number of carbonyl (C=O) groups excluding carboxylic acids is 2. The Hall–Kier alpha value is -2.04. The summed E-state index contributed by atoms with van der Waals surface area (Å²) in [5.41, 5.74) is 0.0128. The van der Waals surface area contributed by atoms with Gasteiger partial charge in [0.2, 0.25) is 0 Å². The van der Waals surface area contributed by atoms with Gasteiger partial charge in [0.05, 0.1) is 12.0 Å². The summed E-state index contributed by atoms with van der Waals surface area (Å²) in [5, 5.41) is 32.0. The molecule has 1 heterocycles. The number of likely N-dealkylation sites (N-methyl/N-ethyl adjacent to an activating group) is 1. The SMILES string of the molecule is CN1CCN(C(=O)[C@H](O)[C@@H](O)[C@H](OCc2ccccc2)C(O)COC(=O)C(C)(C)C)CC1. The van der Waals surface area contributed by atoms with Crippen molar-refractivity contribution in [2.75, 3.05) is 39.8 Å². The fourth-order valence-electron chi connectivity index (χ4n) is 3.22. The Bertz CT molecular complexity index is 730. The van der Waals surface area contributed by atoms with Crippen LogP contribution in [-0.2, 0) is 25.7 Å². The molecule has 9 nitrogen and oxygen atoms in total. The van der Waals surface area contributed by atoms with E-state index in [1.807, 2.05) is 25.2 Å². The third-order valence-corrected chi connectivity index (χ3v) is 5.39. The summed E-state index contributed by atoms with van der Waals surface area (Å²) in [6.07, 6.45) is -6.30. The zero-order valence-electron chi connectivity index (χ0n) is 19.3. The number of ether oxygens (including phenoxy) is 2. The molecule has 3 N–H and O–H groups in total. The van der Waals surface area contributed by atoms with Crippen LogP contribution in [0, 0.1) is 5.41 Å². The van der Waals surface area contributed by atoms with Crippen molar-refractivity contribution in [2.45, 2.75) is 51.8 Å². The maximum Gasteiger partial charge on any atom is 0.311 e. The molecule has 9 heteroatoms. The number of hydrogen-bond donors (Lipinski definition) is 3. The molecule has 1 unspecified atom stereocenters. The zero-order valence-corrected chi connectivity index (χ0v) is 19.3. The fourth-order valence-corrected chi connectivity index (χ4v) is 3.22. The third-order valence-electron chi connectivity index (χ3n) is 5.39. The molecule has 1 aliphatic rings. The lowest BCUT2D eigenvalue weighted by atomic mass is 9.97. The van der Waals surface area contributed by atoms with Crippen molar-refractivity contribution in [1.82, 2.24) is 9.80 Å². The van der Waals surface area contributed by atoms with Gasteiger partial charge in [-0.3, -0.25) is 9.59 Å². The first-order chi connectivity index (χ1) is 15.0. The number of amides is 1. The van der Waals surface area contributed by atoms with Crippen LogP contribution < -0.4 is 0 Å². The molecule has 1 saturated heterocycles. The Morgan fingerprint density at radius 1 is 1.03 bits per heavy atom. The number of aliphatic hydroxyl groups is 3. The van der Waals surface area contributed by atoms with Crippen molar-refractivity contribution < 1.29 is 34.4 Å². The summed E-state index contributed by atoms with van der Waals surface area (Å²) in [4.78, 5) is 28.3. The zero-order chi connectivity index (χ0) is 23.9. The molecule has 0 aromatic heterocycles. The quantitative estimate of drug-likeness (QED) is 0.449. The van der Waals surface area contributed by atoms with Gasteiger partial charge in [-0.1, -0.05) is 30.3 Å². The molecule has 180 valence electrons. The number of esters is 1. The van der Waals surface area contributed by atoms with Gasteiger partial charge in [-0.05, 0) is 33.4 Å². The second-order valence-electron chi connectivity index (χ2n) is 9.24. The van der Waals surface area contributed by atoms with E-state index < -0.39 is 48.3 Å². The van der Waals surface area contributed by atoms with Gasteiger partial charge < -0.3 is 34.6 Å². The minimum absolute atomic E-state index is 0.0300. The lowest BCUT2D eigenvalue weighted by Gasteiger charge is -2.36. The highest BCUT2D eigenvalue weighted by atomic mass is 16.6. The Balaban J connectivity index is 2.08. The van der Waals surface area contributed by atoms with E-state index in [9.17, 15) is 24.9 Å². The molecule has 1 aromatic rings. The molecule has 1 fully saturated rings. The van der Waals surface area contributed by atoms with E-state index in [0.29, 0.717) is 26.2 Å². The maximum atomic E-state index is 12.7. The Morgan fingerprint density at radius 3 is 2.19 bits per heavy atom. The van der Waals surface area contributed by atoms with Crippen molar-refractivity contribution in [3.8, 4) is 0 Å². The number of hydrogen-bond acceptors (Lipinski definition) is 8. The predicted octanol–water partition coefficient (Wildman–Crippen LogP) is 0.0178. The fraction of sp³-hybridized carbons (Fsp3) is 0.652. The van der Waals surface area contributed by atoms with E-state index in [0.717, 1.165) is 5.56 Å². The normalized spacial score (nSPS) is 19.2. The van der Waals surface area contributed by atoms with Crippen molar-refractivity contribution in [3.63, 3.8) is 0 Å². The molecule has 0 spiro atoms. The van der Waals surface area contributed by atoms with Crippen LogP contribution >= 0.6 is 0 Å². The van der Waals surface area contributed by atoms with Gasteiger partial charge in [0.25, 0.3) is 5.91 Å². The minimum Gasteiger partial charge on any atom is -0.462 e. The summed E-state index contributed by atoms with van der Waals surface area (Å²) in [6.45, 7) is 6.81. The van der Waals surface area contributed by atoms with Gasteiger partial charge >= 0.3 is 5.97 Å². The molecular formula is C23H36N2O7. The average molecular weight is 453 g/mol. The van der Waals surface area contributed by atoms with E-state index in [2.05, 4.69) is 4.90 Å². The van der Waals surface area contributed by atoms with Gasteiger partial charge in [0.1, 0.15) is 24.9 Å². The van der Waals surface area contributed by atoms with Crippen molar-refractivity contribution >= 4 is 11.9 Å². The van der Waals surface area contributed by atoms with Crippen molar-refractivity contribution in [3.05, 3.63) is 35.9 Å². The second-order valence-corrected chi connectivity index (χ2v) is 9.24. The molecule has 1 amide bonds. The van der Waals surface area contributed by atoms with Crippen LogP contribution in [0.2, 0.25) is 0 Å². The molecule has 0 aliphatic carbocycles. The standard InChI is InChI=1S/C23H36N2O7/c1-23(2,3)22(30)32-15-17(26)20(31-14-16-8-6-5-7-9-16)18(27)19(28)21(29)25-12-10-24(4)11-13-25/h5-9,17-20,26-28H,10-15H2,1-4H3/t17?,18-,19-,20-/m1/s1. The van der Waals surface area contributed by atoms with Crippen LogP contribution in [0.4, 0.5) is 0 Å². The van der Waals surface area contributed by atoms with Crippen LogP contribution in [0.1, 0.15) is 26.3 Å². The third kappa shape index (κ3) is 7.53. The molecule has 0 radical (unpaired) electrons. The maximum absolute atomic E-state index is 12.7. The molecule has 1 aromatic carbocycles. The van der Waals surface area contributed by atoms with Crippen LogP contribution in [-0.4, -0.2) is 101 Å². The monoisotopic (exact) mass is 452 g/mol. The Kier molecular flexibility index (Phi) is 9.60. The number of nitrogens with zero attached hydrogens (tertiary/aromatic N) is 2.